The zero-order valence-corrected chi connectivity index (χ0v) is 12.9. The Morgan fingerprint density at radius 2 is 2.19 bits per heavy atom. The fourth-order valence-electron chi connectivity index (χ4n) is 1.71. The zero-order chi connectivity index (χ0) is 15.2. The second-order valence-corrected chi connectivity index (χ2v) is 6.03. The predicted molar refractivity (Wildman–Crippen MR) is 85.1 cm³/mol. The maximum atomic E-state index is 10.6. The van der Waals surface area contributed by atoms with Crippen LogP contribution in [-0.4, -0.2) is 11.5 Å². The molecule has 1 N–H and O–H groups in total. The smallest absolute Gasteiger partial charge is 0.324 e. The van der Waals surface area contributed by atoms with Crippen molar-refractivity contribution >= 4 is 22.0 Å². The van der Waals surface area contributed by atoms with Gasteiger partial charge in [0.15, 0.2) is 0 Å². The molecule has 0 radical (unpaired) electrons. The first kappa shape index (κ1) is 15.3. The number of nitrogens with zero attached hydrogens (tertiary/aromatic N) is 1. The molecule has 2 aromatic rings. The molecule has 2 rings (SSSR count). The van der Waals surface area contributed by atoms with Gasteiger partial charge in [0.1, 0.15) is 5.75 Å². The van der Waals surface area contributed by atoms with Crippen molar-refractivity contribution < 1.29 is 9.66 Å². The first-order valence-corrected chi connectivity index (χ1v) is 7.61. The summed E-state index contributed by atoms with van der Waals surface area (Å²) in [5.41, 5.74) is 1.84. The molecule has 5 nitrogen and oxygen atoms in total. The van der Waals surface area contributed by atoms with Crippen molar-refractivity contribution in [3.8, 4) is 5.75 Å². The summed E-state index contributed by atoms with van der Waals surface area (Å²) in [6.07, 6.45) is 0. The molecule has 0 saturated carbocycles. The van der Waals surface area contributed by atoms with Crippen molar-refractivity contribution in [2.45, 2.75) is 20.4 Å². The van der Waals surface area contributed by atoms with Gasteiger partial charge in [-0.1, -0.05) is 31.3 Å². The van der Waals surface area contributed by atoms with Gasteiger partial charge in [-0.25, -0.2) is 0 Å². The molecule has 1 heterocycles. The van der Waals surface area contributed by atoms with Gasteiger partial charge in [-0.2, -0.15) is 0 Å². The molecule has 21 heavy (non-hydrogen) atoms. The number of thiophene rings is 1. The summed E-state index contributed by atoms with van der Waals surface area (Å²) in [6.45, 7) is 5.44. The number of nitro groups is 1. The predicted octanol–water partition coefficient (Wildman–Crippen LogP) is 4.30. The van der Waals surface area contributed by atoms with Gasteiger partial charge in [0.2, 0.25) is 0 Å². The van der Waals surface area contributed by atoms with Crippen molar-refractivity contribution in [3.63, 3.8) is 0 Å². The number of ether oxygens (including phenoxy) is 1. The minimum atomic E-state index is -0.367. The molecule has 0 bridgehead atoms. The Morgan fingerprint density at radius 3 is 2.86 bits per heavy atom. The minimum Gasteiger partial charge on any atom is -0.493 e. The Labute approximate surface area is 127 Å². The molecule has 1 aromatic carbocycles. The van der Waals surface area contributed by atoms with Crippen LogP contribution >= 0.6 is 11.3 Å². The lowest BCUT2D eigenvalue weighted by Gasteiger charge is -2.10. The van der Waals surface area contributed by atoms with Crippen LogP contribution in [0.1, 0.15) is 19.4 Å². The van der Waals surface area contributed by atoms with Crippen LogP contribution in [0.3, 0.4) is 0 Å². The normalized spacial score (nSPS) is 10.6. The van der Waals surface area contributed by atoms with Gasteiger partial charge in [0.25, 0.3) is 0 Å². The highest BCUT2D eigenvalue weighted by Gasteiger charge is 2.09. The van der Waals surface area contributed by atoms with E-state index in [0.29, 0.717) is 19.1 Å². The fraction of sp³-hybridized carbons (Fsp3) is 0.333. The lowest BCUT2D eigenvalue weighted by atomic mass is 10.2. The quantitative estimate of drug-likeness (QED) is 0.611. The van der Waals surface area contributed by atoms with Crippen molar-refractivity contribution in [2.75, 3.05) is 11.9 Å². The molecule has 0 fully saturated rings. The summed E-state index contributed by atoms with van der Waals surface area (Å²) < 4.78 is 5.67. The molecule has 0 aliphatic carbocycles. The lowest BCUT2D eigenvalue weighted by Crippen LogP contribution is -2.05. The fourth-order valence-corrected chi connectivity index (χ4v) is 2.44. The van der Waals surface area contributed by atoms with Crippen LogP contribution in [0, 0.1) is 16.0 Å². The van der Waals surface area contributed by atoms with Crippen molar-refractivity contribution in [1.29, 1.82) is 0 Å². The molecule has 0 unspecified atom stereocenters. The van der Waals surface area contributed by atoms with Crippen LogP contribution < -0.4 is 10.1 Å². The van der Waals surface area contributed by atoms with Gasteiger partial charge in [-0.15, -0.1) is 0 Å². The Bertz CT molecular complexity index is 610. The standard InChI is InChI=1S/C15H18N2O3S/c1-11(2)9-20-14-5-3-4-13(7-14)16-8-12-6-15(17(18)19)21-10-12/h3-7,10-11,16H,8-9H2,1-2H3. The Balaban J connectivity index is 1.93. The van der Waals surface area contributed by atoms with Gasteiger partial charge in [0, 0.05) is 29.7 Å². The molecular formula is C15H18N2O3S. The molecule has 0 amide bonds. The SMILES string of the molecule is CC(C)COc1cccc(NCc2csc([N+](=O)[O-])c2)c1. The molecule has 6 heteroatoms. The Kier molecular flexibility index (Phi) is 5.16. The lowest BCUT2D eigenvalue weighted by molar-refractivity contribution is -0.380. The number of nitrogens with one attached hydrogen (secondary N) is 1. The number of benzene rings is 1. The highest BCUT2D eigenvalue weighted by molar-refractivity contribution is 7.13. The summed E-state index contributed by atoms with van der Waals surface area (Å²) in [7, 11) is 0. The van der Waals surface area contributed by atoms with Gasteiger partial charge in [-0.05, 0) is 23.6 Å². The van der Waals surface area contributed by atoms with E-state index in [1.165, 1.54) is 0 Å². The van der Waals surface area contributed by atoms with Crippen LogP contribution in [0.15, 0.2) is 35.7 Å². The van der Waals surface area contributed by atoms with E-state index in [0.717, 1.165) is 28.3 Å². The first-order valence-electron chi connectivity index (χ1n) is 6.73. The van der Waals surface area contributed by atoms with Gasteiger partial charge >= 0.3 is 5.00 Å². The molecule has 0 aliphatic rings. The number of rotatable bonds is 7. The minimum absolute atomic E-state index is 0.167. The Hall–Kier alpha value is -2.08. The van der Waals surface area contributed by atoms with E-state index in [-0.39, 0.29) is 9.92 Å². The van der Waals surface area contributed by atoms with E-state index >= 15 is 0 Å². The van der Waals surface area contributed by atoms with Gasteiger partial charge < -0.3 is 10.1 Å². The maximum absolute atomic E-state index is 10.6. The second-order valence-electron chi connectivity index (χ2n) is 5.14. The number of anilines is 1. The van der Waals surface area contributed by atoms with Crippen LogP contribution in [0.25, 0.3) is 0 Å². The van der Waals surface area contributed by atoms with E-state index in [4.69, 9.17) is 4.74 Å². The van der Waals surface area contributed by atoms with Gasteiger partial charge in [0.05, 0.1) is 11.5 Å². The molecule has 1 aromatic heterocycles. The zero-order valence-electron chi connectivity index (χ0n) is 12.0. The monoisotopic (exact) mass is 306 g/mol. The van der Waals surface area contributed by atoms with Crippen molar-refractivity contribution in [3.05, 3.63) is 51.4 Å². The van der Waals surface area contributed by atoms with Crippen molar-refractivity contribution in [1.82, 2.24) is 0 Å². The summed E-state index contributed by atoms with van der Waals surface area (Å²) in [5.74, 6) is 1.30. The van der Waals surface area contributed by atoms with Gasteiger partial charge in [-0.3, -0.25) is 10.1 Å². The molecule has 0 atom stereocenters. The third-order valence-corrected chi connectivity index (χ3v) is 3.66. The first-order chi connectivity index (χ1) is 10.0. The average Bonchev–Trinajstić information content (AvgIpc) is 2.92. The maximum Gasteiger partial charge on any atom is 0.324 e. The van der Waals surface area contributed by atoms with E-state index in [9.17, 15) is 10.1 Å². The molecule has 0 spiro atoms. The summed E-state index contributed by atoms with van der Waals surface area (Å²) in [5, 5.41) is 15.8. The van der Waals surface area contributed by atoms with Crippen LogP contribution in [0.4, 0.5) is 10.7 Å². The van der Waals surface area contributed by atoms with Crippen molar-refractivity contribution in [2.24, 2.45) is 5.92 Å². The molecular weight excluding hydrogens is 288 g/mol. The van der Waals surface area contributed by atoms with E-state index < -0.39 is 0 Å². The van der Waals surface area contributed by atoms with E-state index in [1.807, 2.05) is 24.3 Å². The molecule has 112 valence electrons. The highest BCUT2D eigenvalue weighted by Crippen LogP contribution is 2.24. The summed E-state index contributed by atoms with van der Waals surface area (Å²) in [6, 6.07) is 9.32. The third-order valence-electron chi connectivity index (χ3n) is 2.73. The molecule has 0 saturated heterocycles. The van der Waals surface area contributed by atoms with Crippen LogP contribution in [0.2, 0.25) is 0 Å². The second kappa shape index (κ2) is 7.08. The highest BCUT2D eigenvalue weighted by atomic mass is 32.1. The largest absolute Gasteiger partial charge is 0.493 e. The van der Waals surface area contributed by atoms with E-state index in [2.05, 4.69) is 19.2 Å². The van der Waals surface area contributed by atoms with E-state index in [1.54, 1.807) is 11.4 Å². The topological polar surface area (TPSA) is 64.4 Å². The molecule has 0 aliphatic heterocycles. The number of hydrogen-bond acceptors (Lipinski definition) is 5. The Morgan fingerprint density at radius 1 is 1.38 bits per heavy atom. The summed E-state index contributed by atoms with van der Waals surface area (Å²) >= 11 is 1.14. The summed E-state index contributed by atoms with van der Waals surface area (Å²) in [4.78, 5) is 10.3. The van der Waals surface area contributed by atoms with Crippen LogP contribution in [-0.2, 0) is 6.54 Å². The van der Waals surface area contributed by atoms with Crippen LogP contribution in [0.5, 0.6) is 5.75 Å². The average molecular weight is 306 g/mol. The number of hydrogen-bond donors (Lipinski definition) is 1. The third kappa shape index (κ3) is 4.75.